The molecule has 0 saturated carbocycles. The molecule has 0 aromatic carbocycles. The highest BCUT2D eigenvalue weighted by atomic mass is 32.1. The van der Waals surface area contributed by atoms with Crippen molar-refractivity contribution in [2.24, 2.45) is 0 Å². The molecule has 2 heterocycles. The van der Waals surface area contributed by atoms with Crippen LogP contribution in [0.2, 0.25) is 0 Å². The summed E-state index contributed by atoms with van der Waals surface area (Å²) >= 11 is 1.60. The van der Waals surface area contributed by atoms with Crippen LogP contribution in [-0.2, 0) is 6.54 Å². The summed E-state index contributed by atoms with van der Waals surface area (Å²) < 4.78 is 0. The summed E-state index contributed by atoms with van der Waals surface area (Å²) in [6.07, 6.45) is 0. The number of pyridine rings is 1. The fourth-order valence-corrected chi connectivity index (χ4v) is 2.14. The molecule has 1 N–H and O–H groups in total. The van der Waals surface area contributed by atoms with Gasteiger partial charge >= 0.3 is 0 Å². The molecule has 2 rings (SSSR count). The zero-order valence-electron chi connectivity index (χ0n) is 9.69. The highest BCUT2D eigenvalue weighted by molar-refractivity contribution is 7.09. The second kappa shape index (κ2) is 4.93. The van der Waals surface area contributed by atoms with Crippen molar-refractivity contribution in [2.45, 2.75) is 20.4 Å². The molecule has 0 aliphatic rings. The van der Waals surface area contributed by atoms with Crippen molar-refractivity contribution in [1.82, 2.24) is 9.97 Å². The molecule has 4 nitrogen and oxygen atoms in total. The first-order valence-corrected chi connectivity index (χ1v) is 6.09. The predicted octanol–water partition coefficient (Wildman–Crippen LogP) is 2.64. The van der Waals surface area contributed by atoms with E-state index in [4.69, 9.17) is 5.26 Å². The smallest absolute Gasteiger partial charge is 0.144 e. The van der Waals surface area contributed by atoms with Crippen LogP contribution in [0.4, 0.5) is 5.82 Å². The Morgan fingerprint density at radius 2 is 2.12 bits per heavy atom. The molecule has 0 amide bonds. The van der Waals surface area contributed by atoms with E-state index in [-0.39, 0.29) is 0 Å². The van der Waals surface area contributed by atoms with Gasteiger partial charge in [0.15, 0.2) is 0 Å². The van der Waals surface area contributed by atoms with E-state index >= 15 is 0 Å². The molecule has 0 radical (unpaired) electrons. The number of nitriles is 1. The minimum absolute atomic E-state index is 0.559. The minimum atomic E-state index is 0.559. The van der Waals surface area contributed by atoms with E-state index in [0.717, 1.165) is 16.4 Å². The number of hydrogen-bond donors (Lipinski definition) is 1. The number of thiazole rings is 1. The normalized spacial score (nSPS) is 9.94. The lowest BCUT2D eigenvalue weighted by molar-refractivity contribution is 1.04. The fraction of sp³-hybridized carbons (Fsp3) is 0.250. The maximum atomic E-state index is 8.97. The van der Waals surface area contributed by atoms with Gasteiger partial charge in [-0.05, 0) is 26.0 Å². The van der Waals surface area contributed by atoms with Crippen LogP contribution < -0.4 is 5.32 Å². The van der Waals surface area contributed by atoms with Crippen LogP contribution in [0.25, 0.3) is 0 Å². The molecule has 0 spiro atoms. The van der Waals surface area contributed by atoms with Gasteiger partial charge in [-0.1, -0.05) is 0 Å². The summed E-state index contributed by atoms with van der Waals surface area (Å²) in [7, 11) is 0. The number of anilines is 1. The van der Waals surface area contributed by atoms with Gasteiger partial charge in [0.1, 0.15) is 16.9 Å². The van der Waals surface area contributed by atoms with Crippen LogP contribution in [0.5, 0.6) is 0 Å². The quantitative estimate of drug-likeness (QED) is 0.901. The van der Waals surface area contributed by atoms with Crippen molar-refractivity contribution in [3.8, 4) is 6.07 Å². The highest BCUT2D eigenvalue weighted by Gasteiger charge is 2.05. The van der Waals surface area contributed by atoms with Crippen LogP contribution in [-0.4, -0.2) is 9.97 Å². The van der Waals surface area contributed by atoms with E-state index in [1.807, 2.05) is 25.3 Å². The zero-order valence-corrected chi connectivity index (χ0v) is 10.5. The maximum absolute atomic E-state index is 8.97. The highest BCUT2D eigenvalue weighted by Crippen LogP contribution is 2.15. The molecular formula is C12H12N4S. The summed E-state index contributed by atoms with van der Waals surface area (Å²) in [5, 5.41) is 15.1. The Balaban J connectivity index is 2.13. The van der Waals surface area contributed by atoms with Crippen molar-refractivity contribution < 1.29 is 0 Å². The molecule has 2 aromatic rings. The Hall–Kier alpha value is -1.93. The molecular weight excluding hydrogens is 232 g/mol. The lowest BCUT2D eigenvalue weighted by Crippen LogP contribution is -2.04. The standard InChI is InChI=1S/C12H12N4S/c1-8-3-4-10(5-13)12(16-8)14-6-11-15-9(2)7-17-11/h3-4,7H,6H2,1-2H3,(H,14,16). The third-order valence-electron chi connectivity index (χ3n) is 2.23. The second-order valence-electron chi connectivity index (χ2n) is 3.70. The summed E-state index contributed by atoms with van der Waals surface area (Å²) in [6.45, 7) is 4.47. The average Bonchev–Trinajstić information content (AvgIpc) is 2.73. The Bertz CT molecular complexity index is 568. The number of aryl methyl sites for hydroxylation is 2. The molecule has 0 fully saturated rings. The third kappa shape index (κ3) is 2.80. The molecule has 17 heavy (non-hydrogen) atoms. The van der Waals surface area contributed by atoms with Gasteiger partial charge < -0.3 is 5.32 Å². The second-order valence-corrected chi connectivity index (χ2v) is 4.64. The van der Waals surface area contributed by atoms with Gasteiger partial charge in [-0.2, -0.15) is 5.26 Å². The van der Waals surface area contributed by atoms with Crippen LogP contribution >= 0.6 is 11.3 Å². The van der Waals surface area contributed by atoms with E-state index in [1.165, 1.54) is 0 Å². The van der Waals surface area contributed by atoms with Crippen molar-refractivity contribution in [1.29, 1.82) is 5.26 Å². The van der Waals surface area contributed by atoms with Gasteiger partial charge in [-0.15, -0.1) is 11.3 Å². The van der Waals surface area contributed by atoms with Crippen LogP contribution in [0, 0.1) is 25.2 Å². The first-order chi connectivity index (χ1) is 8.19. The molecule has 2 aromatic heterocycles. The maximum Gasteiger partial charge on any atom is 0.144 e. The summed E-state index contributed by atoms with van der Waals surface area (Å²) in [5.41, 5.74) is 2.47. The van der Waals surface area contributed by atoms with Gasteiger partial charge in [0.25, 0.3) is 0 Å². The fourth-order valence-electron chi connectivity index (χ4n) is 1.42. The third-order valence-corrected chi connectivity index (χ3v) is 3.20. The van der Waals surface area contributed by atoms with Gasteiger partial charge in [-0.3, -0.25) is 0 Å². The van der Waals surface area contributed by atoms with Crippen molar-refractivity contribution in [3.63, 3.8) is 0 Å². The SMILES string of the molecule is Cc1csc(CNc2nc(C)ccc2C#N)n1. The number of hydrogen-bond acceptors (Lipinski definition) is 5. The van der Waals surface area contributed by atoms with Crippen molar-refractivity contribution in [3.05, 3.63) is 39.5 Å². The first kappa shape index (κ1) is 11.6. The Morgan fingerprint density at radius 3 is 2.76 bits per heavy atom. The molecule has 86 valence electrons. The van der Waals surface area contributed by atoms with Gasteiger partial charge in [0.2, 0.25) is 0 Å². The van der Waals surface area contributed by atoms with E-state index in [1.54, 1.807) is 17.4 Å². The Labute approximate surface area is 104 Å². The molecule has 0 bridgehead atoms. The Morgan fingerprint density at radius 1 is 1.29 bits per heavy atom. The van der Waals surface area contributed by atoms with Crippen molar-refractivity contribution in [2.75, 3.05) is 5.32 Å². The minimum Gasteiger partial charge on any atom is -0.362 e. The summed E-state index contributed by atoms with van der Waals surface area (Å²) in [6, 6.07) is 5.73. The van der Waals surface area contributed by atoms with Gasteiger partial charge in [0, 0.05) is 16.8 Å². The van der Waals surface area contributed by atoms with Crippen LogP contribution in [0.15, 0.2) is 17.5 Å². The predicted molar refractivity (Wildman–Crippen MR) is 67.9 cm³/mol. The monoisotopic (exact) mass is 244 g/mol. The van der Waals surface area contributed by atoms with Crippen LogP contribution in [0.1, 0.15) is 22.0 Å². The number of aromatic nitrogens is 2. The molecule has 0 aliphatic heterocycles. The molecule has 0 unspecified atom stereocenters. The van der Waals surface area contributed by atoms with E-state index < -0.39 is 0 Å². The van der Waals surface area contributed by atoms with Gasteiger partial charge in [0.05, 0.1) is 12.1 Å². The topological polar surface area (TPSA) is 61.6 Å². The molecule has 0 saturated heterocycles. The number of rotatable bonds is 3. The van der Waals surface area contributed by atoms with Gasteiger partial charge in [-0.25, -0.2) is 9.97 Å². The van der Waals surface area contributed by atoms with E-state index in [2.05, 4.69) is 21.4 Å². The summed E-state index contributed by atoms with van der Waals surface area (Å²) in [5.74, 6) is 0.625. The Kier molecular flexibility index (Phi) is 3.35. The lowest BCUT2D eigenvalue weighted by Gasteiger charge is -2.06. The van der Waals surface area contributed by atoms with E-state index in [9.17, 15) is 0 Å². The lowest BCUT2D eigenvalue weighted by atomic mass is 10.2. The average molecular weight is 244 g/mol. The largest absolute Gasteiger partial charge is 0.362 e. The molecule has 5 heteroatoms. The van der Waals surface area contributed by atoms with E-state index in [0.29, 0.717) is 17.9 Å². The first-order valence-electron chi connectivity index (χ1n) is 5.21. The molecule has 0 atom stereocenters. The molecule has 0 aliphatic carbocycles. The number of nitrogens with one attached hydrogen (secondary N) is 1. The number of nitrogens with zero attached hydrogens (tertiary/aromatic N) is 3. The zero-order chi connectivity index (χ0) is 12.3. The van der Waals surface area contributed by atoms with Crippen molar-refractivity contribution >= 4 is 17.2 Å². The van der Waals surface area contributed by atoms with Crippen LogP contribution in [0.3, 0.4) is 0 Å². The summed E-state index contributed by atoms with van der Waals surface area (Å²) in [4.78, 5) is 8.66.